The number of carbonyl (C=O) groups is 2. The molecule has 0 bridgehead atoms. The summed E-state index contributed by atoms with van der Waals surface area (Å²) in [5, 5.41) is 9.56. The Kier molecular flexibility index (Phi) is 7.01. The van der Waals surface area contributed by atoms with Crippen LogP contribution in [0.1, 0.15) is 29.8 Å². The Morgan fingerprint density at radius 1 is 1.19 bits per heavy atom. The lowest BCUT2D eigenvalue weighted by Gasteiger charge is -2.38. The summed E-state index contributed by atoms with van der Waals surface area (Å²) in [5.41, 5.74) is 5.04. The van der Waals surface area contributed by atoms with E-state index in [2.05, 4.69) is 15.9 Å². The van der Waals surface area contributed by atoms with Crippen molar-refractivity contribution in [3.8, 4) is 5.69 Å². The predicted octanol–water partition coefficient (Wildman–Crippen LogP) is 3.03. The number of ether oxygens (including phenoxy) is 2. The van der Waals surface area contributed by atoms with E-state index in [1.807, 2.05) is 0 Å². The first-order valence-electron chi connectivity index (χ1n) is 10.9. The van der Waals surface area contributed by atoms with Crippen molar-refractivity contribution in [2.75, 3.05) is 30.3 Å². The second kappa shape index (κ2) is 9.86. The molecule has 1 aromatic heterocycles. The van der Waals surface area contributed by atoms with Gasteiger partial charge in [0.15, 0.2) is 0 Å². The third-order valence-electron chi connectivity index (χ3n) is 5.72. The molecule has 190 valence electrons. The van der Waals surface area contributed by atoms with E-state index in [1.165, 1.54) is 23.8 Å². The number of aliphatic hydroxyl groups excluding tert-OH is 1. The lowest BCUT2D eigenvalue weighted by molar-refractivity contribution is -0.142. The number of halogens is 3. The highest BCUT2D eigenvalue weighted by atomic mass is 79.9. The fraction of sp³-hybridized carbons (Fsp3) is 0.292. The summed E-state index contributed by atoms with van der Waals surface area (Å²) in [6.07, 6.45) is 0.567. The maximum absolute atomic E-state index is 15.2. The molecule has 0 unspecified atom stereocenters. The number of nitrogen functional groups attached to an aromatic ring is 1. The third-order valence-corrected chi connectivity index (χ3v) is 6.47. The van der Waals surface area contributed by atoms with Crippen LogP contribution < -0.4 is 16.1 Å². The molecule has 0 aliphatic carbocycles. The molecule has 2 aromatic carbocycles. The molecule has 0 radical (unpaired) electrons. The molecule has 0 saturated carbocycles. The van der Waals surface area contributed by atoms with Gasteiger partial charge in [0.2, 0.25) is 5.43 Å². The smallest absolute Gasteiger partial charge is 0.343 e. The van der Waals surface area contributed by atoms with Gasteiger partial charge in [-0.1, -0.05) is 0 Å². The summed E-state index contributed by atoms with van der Waals surface area (Å²) in [6.45, 7) is 2.76. The van der Waals surface area contributed by atoms with Crippen molar-refractivity contribution in [1.29, 1.82) is 0 Å². The van der Waals surface area contributed by atoms with Crippen molar-refractivity contribution in [2.24, 2.45) is 0 Å². The molecular weight excluding hydrogens is 544 g/mol. The van der Waals surface area contributed by atoms with Gasteiger partial charge in [0.1, 0.15) is 23.8 Å². The van der Waals surface area contributed by atoms with Crippen LogP contribution in [0.25, 0.3) is 16.6 Å². The Morgan fingerprint density at radius 2 is 1.89 bits per heavy atom. The van der Waals surface area contributed by atoms with E-state index in [0.717, 1.165) is 12.1 Å². The summed E-state index contributed by atoms with van der Waals surface area (Å²) in [4.78, 5) is 38.9. The summed E-state index contributed by atoms with van der Waals surface area (Å²) < 4.78 is 41.2. The minimum Gasteiger partial charge on any atom is -0.462 e. The van der Waals surface area contributed by atoms with Crippen LogP contribution in [0.2, 0.25) is 0 Å². The fourth-order valence-electron chi connectivity index (χ4n) is 4.02. The first-order chi connectivity index (χ1) is 17.0. The number of hydrogen-bond donors (Lipinski definition) is 2. The van der Waals surface area contributed by atoms with Gasteiger partial charge in [0, 0.05) is 31.8 Å². The van der Waals surface area contributed by atoms with Crippen LogP contribution in [0.3, 0.4) is 0 Å². The number of anilines is 2. The quantitative estimate of drug-likeness (QED) is 0.345. The van der Waals surface area contributed by atoms with E-state index in [0.29, 0.717) is 0 Å². The zero-order valence-electron chi connectivity index (χ0n) is 19.3. The van der Waals surface area contributed by atoms with Gasteiger partial charge in [0.25, 0.3) is 0 Å². The highest BCUT2D eigenvalue weighted by molar-refractivity contribution is 9.10. The maximum atomic E-state index is 15.2. The zero-order chi connectivity index (χ0) is 26.3. The number of rotatable bonds is 6. The third kappa shape index (κ3) is 4.53. The Bertz CT molecular complexity index is 1450. The molecular formula is C24H22BrF2N3O6. The molecule has 4 rings (SSSR count). The van der Waals surface area contributed by atoms with Gasteiger partial charge in [0.05, 0.1) is 45.1 Å². The van der Waals surface area contributed by atoms with Crippen molar-refractivity contribution in [3.05, 3.63) is 61.9 Å². The van der Waals surface area contributed by atoms with Gasteiger partial charge in [-0.3, -0.25) is 9.59 Å². The summed E-state index contributed by atoms with van der Waals surface area (Å²) in [6, 6.07) is 3.34. The SMILES string of the molecule is CCOC(=O)c1cn(-c2cc(N)c(F)cc2COC(C)=O)c2c(Br)c(N3CC(O)C3)c(F)cc2c1=O. The molecule has 3 aromatic rings. The summed E-state index contributed by atoms with van der Waals surface area (Å²) in [7, 11) is 0. The Balaban J connectivity index is 2.09. The first kappa shape index (κ1) is 25.6. The molecule has 9 nitrogen and oxygen atoms in total. The molecule has 0 atom stereocenters. The van der Waals surface area contributed by atoms with Crippen LogP contribution in [0, 0.1) is 11.6 Å². The lowest BCUT2D eigenvalue weighted by Crippen LogP contribution is -2.51. The van der Waals surface area contributed by atoms with E-state index in [-0.39, 0.29) is 69.9 Å². The van der Waals surface area contributed by atoms with E-state index < -0.39 is 35.1 Å². The number of hydrogen-bond acceptors (Lipinski definition) is 8. The number of β-amino-alcohol motifs (C(OH)–C–C–N with tert-alkyl or cyclic N) is 1. The average Bonchev–Trinajstić information content (AvgIpc) is 2.79. The second-order valence-corrected chi connectivity index (χ2v) is 9.01. The van der Waals surface area contributed by atoms with Crippen molar-refractivity contribution in [1.82, 2.24) is 4.57 Å². The highest BCUT2D eigenvalue weighted by Gasteiger charge is 2.31. The molecule has 3 N–H and O–H groups in total. The number of nitrogens with two attached hydrogens (primary N) is 1. The van der Waals surface area contributed by atoms with Gasteiger partial charge in [-0.2, -0.15) is 0 Å². The molecule has 0 spiro atoms. The number of pyridine rings is 1. The fourth-order valence-corrected chi connectivity index (χ4v) is 4.86. The molecule has 2 heterocycles. The van der Waals surface area contributed by atoms with E-state index >= 15 is 4.39 Å². The van der Waals surface area contributed by atoms with Crippen molar-refractivity contribution in [3.63, 3.8) is 0 Å². The minimum atomic E-state index is -0.929. The van der Waals surface area contributed by atoms with E-state index in [4.69, 9.17) is 15.2 Å². The van der Waals surface area contributed by atoms with Gasteiger partial charge >= 0.3 is 11.9 Å². The predicted molar refractivity (Wildman–Crippen MR) is 131 cm³/mol. The molecule has 12 heteroatoms. The van der Waals surface area contributed by atoms with E-state index in [1.54, 1.807) is 11.8 Å². The number of esters is 2. The number of aromatic nitrogens is 1. The molecule has 36 heavy (non-hydrogen) atoms. The van der Waals surface area contributed by atoms with Gasteiger partial charge < -0.3 is 29.8 Å². The number of aliphatic hydroxyl groups is 1. The summed E-state index contributed by atoms with van der Waals surface area (Å²) >= 11 is 3.39. The van der Waals surface area contributed by atoms with Crippen molar-refractivity contribution < 1.29 is 33.0 Å². The lowest BCUT2D eigenvalue weighted by atomic mass is 10.0. The van der Waals surface area contributed by atoms with Crippen molar-refractivity contribution in [2.45, 2.75) is 26.6 Å². The Hall–Kier alpha value is -3.51. The normalized spacial score (nSPS) is 13.6. The molecule has 1 aliphatic rings. The van der Waals surface area contributed by atoms with Crippen LogP contribution in [0.4, 0.5) is 20.2 Å². The molecule has 1 aliphatic heterocycles. The topological polar surface area (TPSA) is 124 Å². The average molecular weight is 566 g/mol. The maximum Gasteiger partial charge on any atom is 0.343 e. The Morgan fingerprint density at radius 3 is 2.50 bits per heavy atom. The number of fused-ring (bicyclic) bond motifs is 1. The number of carbonyl (C=O) groups excluding carboxylic acids is 2. The monoisotopic (exact) mass is 565 g/mol. The van der Waals surface area contributed by atoms with Crippen LogP contribution >= 0.6 is 15.9 Å². The van der Waals surface area contributed by atoms with Gasteiger partial charge in [-0.15, -0.1) is 0 Å². The summed E-state index contributed by atoms with van der Waals surface area (Å²) in [5.74, 6) is -3.06. The van der Waals surface area contributed by atoms with Gasteiger partial charge in [-0.05, 0) is 41.1 Å². The number of nitrogens with zero attached hydrogens (tertiary/aromatic N) is 2. The first-order valence-corrected chi connectivity index (χ1v) is 11.7. The van der Waals surface area contributed by atoms with Gasteiger partial charge in [-0.25, -0.2) is 13.6 Å². The zero-order valence-corrected chi connectivity index (χ0v) is 20.9. The van der Waals surface area contributed by atoms with Crippen molar-refractivity contribution >= 4 is 50.1 Å². The second-order valence-electron chi connectivity index (χ2n) is 8.22. The van der Waals surface area contributed by atoms with Crippen LogP contribution in [-0.4, -0.2) is 47.4 Å². The van der Waals surface area contributed by atoms with Crippen LogP contribution in [-0.2, 0) is 20.9 Å². The highest BCUT2D eigenvalue weighted by Crippen LogP contribution is 2.39. The number of benzene rings is 2. The Labute approximate surface area is 212 Å². The van der Waals surface area contributed by atoms with Crippen LogP contribution in [0.15, 0.2) is 33.7 Å². The molecule has 1 saturated heterocycles. The minimum absolute atomic E-state index is 0.00815. The van der Waals surface area contributed by atoms with Crippen LogP contribution in [0.5, 0.6) is 0 Å². The molecule has 0 amide bonds. The standard InChI is InChI=1S/C24H22BrF2N3O6/c1-3-35-24(34)15-9-30(19-6-18(28)16(26)4-12(19)10-36-11(2)31)21-14(23(15)33)5-17(27)22(20(21)25)29-7-13(32)8-29/h4-6,9,13,32H,3,7-8,10,28H2,1-2H3. The largest absolute Gasteiger partial charge is 0.462 e. The molecule has 1 fully saturated rings. The van der Waals surface area contributed by atoms with E-state index in [9.17, 15) is 23.9 Å².